The summed E-state index contributed by atoms with van der Waals surface area (Å²) >= 11 is 0. The summed E-state index contributed by atoms with van der Waals surface area (Å²) in [5.41, 5.74) is 3.02. The number of fused-ring (bicyclic) bond motifs is 3. The number of hydrogen-bond acceptors (Lipinski definition) is 10. The van der Waals surface area contributed by atoms with Crippen molar-refractivity contribution in [3.8, 4) is 5.75 Å². The van der Waals surface area contributed by atoms with E-state index in [2.05, 4.69) is 0 Å². The van der Waals surface area contributed by atoms with Crippen molar-refractivity contribution in [3.63, 3.8) is 0 Å². The van der Waals surface area contributed by atoms with Crippen LogP contribution < -0.4 is 10.6 Å². The van der Waals surface area contributed by atoms with Gasteiger partial charge in [0.05, 0.1) is 11.6 Å². The number of carbonyl (C=O) groups excluding carboxylic acids is 3. The Bertz CT molecular complexity index is 1220. The third-order valence-electron chi connectivity index (χ3n) is 7.47. The zero-order valence-electron chi connectivity index (χ0n) is 22.6. The number of rotatable bonds is 5. The van der Waals surface area contributed by atoms with Crippen molar-refractivity contribution < 1.29 is 39.5 Å². The van der Waals surface area contributed by atoms with Gasteiger partial charge in [0.2, 0.25) is 5.78 Å². The number of phenolic OH excluding ortho intramolecular Hbond substituents is 1. The number of nitrogens with zero attached hydrogens (tertiary/aromatic N) is 2. The Balaban J connectivity index is 0.000000732. The smallest absolute Gasteiger partial charge is 0.255 e. The van der Waals surface area contributed by atoms with Gasteiger partial charge in [0.1, 0.15) is 22.8 Å². The number of ketones is 2. The van der Waals surface area contributed by atoms with Gasteiger partial charge in [-0.3, -0.25) is 19.3 Å². The Hall–Kier alpha value is -3.41. The van der Waals surface area contributed by atoms with Crippen LogP contribution in [0.1, 0.15) is 36.2 Å². The highest BCUT2D eigenvalue weighted by molar-refractivity contribution is 6.24. The van der Waals surface area contributed by atoms with E-state index in [-0.39, 0.29) is 29.7 Å². The fourth-order valence-corrected chi connectivity index (χ4v) is 5.86. The number of allylic oxidation sites excluding steroid dienone is 1. The van der Waals surface area contributed by atoms with Crippen molar-refractivity contribution in [1.29, 1.82) is 0 Å². The van der Waals surface area contributed by atoms with Crippen molar-refractivity contribution in [2.75, 3.05) is 46.3 Å². The van der Waals surface area contributed by atoms with E-state index in [1.807, 2.05) is 13.8 Å². The van der Waals surface area contributed by atoms with Crippen LogP contribution in [0.3, 0.4) is 0 Å². The monoisotopic (exact) mass is 531 g/mol. The van der Waals surface area contributed by atoms with E-state index in [9.17, 15) is 34.8 Å². The van der Waals surface area contributed by atoms with E-state index in [1.165, 1.54) is 11.0 Å². The topological polar surface area (TPSA) is 174 Å². The predicted octanol–water partition coefficient (Wildman–Crippen LogP) is 1.23. The van der Waals surface area contributed by atoms with Crippen molar-refractivity contribution in [2.45, 2.75) is 38.3 Å². The number of carbonyl (C=O) groups is 3. The van der Waals surface area contributed by atoms with Crippen LogP contribution >= 0.6 is 0 Å². The first-order valence-corrected chi connectivity index (χ1v) is 12.5. The number of hydrogen-bond donors (Lipinski definition) is 5. The average Bonchev–Trinajstić information content (AvgIpc) is 2.81. The highest BCUT2D eigenvalue weighted by Gasteiger charge is 2.63. The third-order valence-corrected chi connectivity index (χ3v) is 7.47. The van der Waals surface area contributed by atoms with Gasteiger partial charge in [-0.2, -0.15) is 0 Å². The average molecular weight is 532 g/mol. The minimum Gasteiger partial charge on any atom is -0.510 e. The van der Waals surface area contributed by atoms with Gasteiger partial charge in [-0.15, -0.1) is 0 Å². The molecule has 4 atom stereocenters. The molecule has 0 saturated heterocycles. The lowest BCUT2D eigenvalue weighted by atomic mass is 9.58. The van der Waals surface area contributed by atoms with E-state index >= 15 is 0 Å². The van der Waals surface area contributed by atoms with Gasteiger partial charge in [-0.05, 0) is 64.4 Å². The number of likely N-dealkylation sites (N-methyl/N-ethyl adjacent to an activating group) is 1. The first-order chi connectivity index (χ1) is 17.7. The Kier molecular flexibility index (Phi) is 8.25. The molecule has 1 amide bonds. The first kappa shape index (κ1) is 29.2. The maximum atomic E-state index is 13.5. The number of aromatic hydroxyl groups is 1. The summed E-state index contributed by atoms with van der Waals surface area (Å²) in [6.07, 6.45) is 0.324. The Morgan fingerprint density at radius 2 is 1.71 bits per heavy atom. The molecule has 4 rings (SSSR count). The van der Waals surface area contributed by atoms with E-state index in [0.717, 1.165) is 18.9 Å². The van der Waals surface area contributed by atoms with Gasteiger partial charge >= 0.3 is 0 Å². The number of amides is 1. The van der Waals surface area contributed by atoms with Gasteiger partial charge in [0, 0.05) is 44.5 Å². The van der Waals surface area contributed by atoms with E-state index in [4.69, 9.17) is 10.5 Å². The lowest BCUT2D eigenvalue weighted by molar-refractivity contribution is -0.148. The number of aliphatic hydroxyl groups excluding tert-OH is 2. The van der Waals surface area contributed by atoms with Gasteiger partial charge in [0.15, 0.2) is 11.4 Å². The highest BCUT2D eigenvalue weighted by atomic mass is 16.5. The van der Waals surface area contributed by atoms with E-state index < -0.39 is 58.0 Å². The Morgan fingerprint density at radius 3 is 2.18 bits per heavy atom. The molecule has 1 aromatic rings. The van der Waals surface area contributed by atoms with Gasteiger partial charge < -0.3 is 35.8 Å². The number of aliphatic hydroxyl groups is 3. The molecule has 0 radical (unpaired) electrons. The number of ether oxygens (including phenoxy) is 1. The van der Waals surface area contributed by atoms with Crippen LogP contribution in [0.2, 0.25) is 0 Å². The minimum atomic E-state index is -2.63. The maximum absolute atomic E-state index is 13.5. The van der Waals surface area contributed by atoms with Gasteiger partial charge in [-0.25, -0.2) is 0 Å². The molecule has 0 unspecified atom stereocenters. The predicted molar refractivity (Wildman–Crippen MR) is 140 cm³/mol. The second-order valence-corrected chi connectivity index (χ2v) is 10.1. The number of phenols is 1. The summed E-state index contributed by atoms with van der Waals surface area (Å²) in [5, 5.41) is 43.9. The molecule has 0 heterocycles. The second kappa shape index (κ2) is 10.8. The molecular formula is C27H37N3O8. The molecule has 11 nitrogen and oxygen atoms in total. The molecule has 0 spiro atoms. The van der Waals surface area contributed by atoms with E-state index in [1.54, 1.807) is 39.2 Å². The van der Waals surface area contributed by atoms with E-state index in [0.29, 0.717) is 5.56 Å². The summed E-state index contributed by atoms with van der Waals surface area (Å²) in [4.78, 5) is 42.0. The molecule has 0 bridgehead atoms. The SMILES string of the molecule is CCOCC.CN(C)c1ccc(O)c2c1C[C@H]1C[C@H]3[C@H](N(C)C)C(O)=C(C(N)=O)C(=O)[C@@]3(O)C(O)=C1C2=O. The number of anilines is 1. The number of benzene rings is 1. The first-order valence-electron chi connectivity index (χ1n) is 12.5. The molecule has 6 N–H and O–H groups in total. The number of nitrogens with two attached hydrogens (primary N) is 1. The number of primary amides is 1. The van der Waals surface area contributed by atoms with Crippen LogP contribution in [0.25, 0.3) is 0 Å². The van der Waals surface area contributed by atoms with Crippen LogP contribution in [0.15, 0.2) is 34.8 Å². The fourth-order valence-electron chi connectivity index (χ4n) is 5.86. The Labute approximate surface area is 221 Å². The molecule has 3 aliphatic carbocycles. The quantitative estimate of drug-likeness (QED) is 0.348. The molecular weight excluding hydrogens is 494 g/mol. The summed E-state index contributed by atoms with van der Waals surface area (Å²) in [6.45, 7) is 5.67. The van der Waals surface area contributed by atoms with Gasteiger partial charge in [-0.1, -0.05) is 0 Å². The summed E-state index contributed by atoms with van der Waals surface area (Å²) in [6, 6.07) is 2.06. The highest BCUT2D eigenvalue weighted by Crippen LogP contribution is 2.52. The molecule has 0 fully saturated rings. The number of Topliss-reactive ketones (excluding diaryl/α,β-unsaturated/α-hetero) is 2. The Morgan fingerprint density at radius 1 is 1.11 bits per heavy atom. The minimum absolute atomic E-state index is 0.00184. The molecule has 0 aliphatic heterocycles. The second-order valence-electron chi connectivity index (χ2n) is 10.1. The van der Waals surface area contributed by atoms with Crippen LogP contribution in [0.4, 0.5) is 5.69 Å². The van der Waals surface area contributed by atoms with Gasteiger partial charge in [0.25, 0.3) is 5.91 Å². The lowest BCUT2D eigenvalue weighted by Crippen LogP contribution is -2.63. The van der Waals surface area contributed by atoms with Crippen LogP contribution in [-0.2, 0) is 20.7 Å². The normalized spacial score (nSPS) is 26.4. The molecule has 0 saturated carbocycles. The fraction of sp³-hybridized carbons (Fsp3) is 0.519. The zero-order valence-corrected chi connectivity index (χ0v) is 22.6. The summed E-state index contributed by atoms with van der Waals surface area (Å²) < 4.78 is 4.83. The van der Waals surface area contributed by atoms with Crippen molar-refractivity contribution in [1.82, 2.24) is 4.90 Å². The third kappa shape index (κ3) is 4.44. The zero-order chi connectivity index (χ0) is 28.7. The summed E-state index contributed by atoms with van der Waals surface area (Å²) in [5.74, 6) is -6.53. The van der Waals surface area contributed by atoms with Crippen molar-refractivity contribution in [3.05, 3.63) is 45.9 Å². The maximum Gasteiger partial charge on any atom is 0.255 e. The molecule has 1 aromatic carbocycles. The molecule has 0 aromatic heterocycles. The molecule has 11 heteroatoms. The van der Waals surface area contributed by atoms with Crippen molar-refractivity contribution >= 4 is 23.2 Å². The summed E-state index contributed by atoms with van der Waals surface area (Å²) in [7, 11) is 6.79. The van der Waals surface area contributed by atoms with Crippen LogP contribution in [0, 0.1) is 11.8 Å². The van der Waals surface area contributed by atoms with Crippen LogP contribution in [-0.4, -0.2) is 95.8 Å². The largest absolute Gasteiger partial charge is 0.510 e. The molecule has 208 valence electrons. The van der Waals surface area contributed by atoms with Crippen LogP contribution in [0.5, 0.6) is 5.75 Å². The molecule has 3 aliphatic rings. The standard InChI is InChI=1S/C23H27N3O7.C4H10O/c1-25(2)12-5-6-13(27)15-10(12)7-9-8-11-17(26(3)4)19(29)16(22(24)32)21(31)23(11,33)20(30)14(9)18(15)28;1-3-5-4-2/h5-6,9,11,17,27,29-30,33H,7-8H2,1-4H3,(H2,24,32);3-4H2,1-2H3/t9-,11-,17-,23-;/m0./s1. The van der Waals surface area contributed by atoms with Crippen molar-refractivity contribution in [2.24, 2.45) is 17.6 Å². The lowest BCUT2D eigenvalue weighted by Gasteiger charge is -2.50. The molecule has 38 heavy (non-hydrogen) atoms.